The molecule has 0 heterocycles. The highest BCUT2D eigenvalue weighted by atomic mass is 35.5. The van der Waals surface area contributed by atoms with E-state index in [1.54, 1.807) is 19.1 Å². The molecule has 0 aromatic heterocycles. The zero-order valence-corrected chi connectivity index (χ0v) is 9.01. The Morgan fingerprint density at radius 3 is 2.57 bits per heavy atom. The Morgan fingerprint density at radius 2 is 2.00 bits per heavy atom. The fourth-order valence-corrected chi connectivity index (χ4v) is 1.71. The van der Waals surface area contributed by atoms with E-state index in [2.05, 4.69) is 8.37 Å². The third kappa shape index (κ3) is 3.17. The molecule has 0 bridgehead atoms. The molecule has 0 fully saturated rings. The van der Waals surface area contributed by atoms with Crippen LogP contribution in [0.4, 0.5) is 0 Å². The van der Waals surface area contributed by atoms with Crippen molar-refractivity contribution in [1.29, 1.82) is 0 Å². The lowest BCUT2D eigenvalue weighted by molar-refractivity contribution is 0.288. The maximum atomic E-state index is 11.0. The fourth-order valence-electron chi connectivity index (χ4n) is 0.791. The van der Waals surface area contributed by atoms with E-state index in [0.717, 1.165) is 0 Å². The summed E-state index contributed by atoms with van der Waals surface area (Å²) in [5.74, 6) is 0.0580. The largest absolute Gasteiger partial charge is 0.449 e. The number of hydrogen-bond acceptors (Lipinski definition) is 4. The molecule has 0 saturated carbocycles. The molecule has 0 aliphatic rings. The van der Waals surface area contributed by atoms with Gasteiger partial charge in [0.1, 0.15) is 0 Å². The molecule has 1 aromatic carbocycles. The van der Waals surface area contributed by atoms with Crippen LogP contribution in [0, 0.1) is 0 Å². The van der Waals surface area contributed by atoms with Crippen molar-refractivity contribution < 1.29 is 16.8 Å². The lowest BCUT2D eigenvalue weighted by atomic mass is 10.3. The Balaban J connectivity index is 2.84. The van der Waals surface area contributed by atoms with Crippen LogP contribution < -0.4 is 4.18 Å². The first-order valence-corrected chi connectivity index (χ1v) is 5.59. The van der Waals surface area contributed by atoms with Gasteiger partial charge in [-0.15, -0.1) is 0 Å². The minimum atomic E-state index is -3.99. The van der Waals surface area contributed by atoms with Crippen molar-refractivity contribution in [1.82, 2.24) is 0 Å². The Kier molecular flexibility index (Phi) is 3.74. The van der Waals surface area contributed by atoms with Gasteiger partial charge in [0.05, 0.1) is 11.6 Å². The topological polar surface area (TPSA) is 52.6 Å². The van der Waals surface area contributed by atoms with Crippen LogP contribution in [0.1, 0.15) is 6.92 Å². The summed E-state index contributed by atoms with van der Waals surface area (Å²) in [4.78, 5) is 0. The van der Waals surface area contributed by atoms with Gasteiger partial charge in [-0.2, -0.15) is 8.42 Å². The Hall–Kier alpha value is -0.780. The summed E-state index contributed by atoms with van der Waals surface area (Å²) in [5.41, 5.74) is 0. The SMILES string of the molecule is CCOS(=O)(=O)Oc1ccccc1Cl. The average Bonchev–Trinajstić information content (AvgIpc) is 2.08. The van der Waals surface area contributed by atoms with E-state index in [1.807, 2.05) is 0 Å². The smallest absolute Gasteiger partial charge is 0.360 e. The Morgan fingerprint density at radius 1 is 1.36 bits per heavy atom. The van der Waals surface area contributed by atoms with E-state index in [4.69, 9.17) is 11.6 Å². The molecule has 0 saturated heterocycles. The van der Waals surface area contributed by atoms with E-state index in [-0.39, 0.29) is 17.4 Å². The van der Waals surface area contributed by atoms with Crippen LogP contribution in [0.15, 0.2) is 24.3 Å². The summed E-state index contributed by atoms with van der Waals surface area (Å²) in [5, 5.41) is 0.218. The van der Waals surface area contributed by atoms with Gasteiger partial charge in [0.15, 0.2) is 5.75 Å². The quantitative estimate of drug-likeness (QED) is 0.802. The molecule has 1 rings (SSSR count). The number of rotatable bonds is 4. The zero-order valence-electron chi connectivity index (χ0n) is 7.44. The van der Waals surface area contributed by atoms with Gasteiger partial charge in [-0.25, -0.2) is 4.18 Å². The second-order valence-electron chi connectivity index (χ2n) is 2.33. The standard InChI is InChI=1S/C8H9ClO4S/c1-2-12-14(10,11)13-8-6-4-3-5-7(8)9/h3-6H,2H2,1H3. The summed E-state index contributed by atoms with van der Waals surface area (Å²) in [6.07, 6.45) is 0. The van der Waals surface area contributed by atoms with Gasteiger partial charge < -0.3 is 4.18 Å². The van der Waals surface area contributed by atoms with Crippen LogP contribution >= 0.6 is 11.6 Å². The van der Waals surface area contributed by atoms with Gasteiger partial charge in [-0.05, 0) is 19.1 Å². The van der Waals surface area contributed by atoms with Crippen LogP contribution in [-0.4, -0.2) is 15.0 Å². The molecule has 14 heavy (non-hydrogen) atoms. The molecule has 0 unspecified atom stereocenters. The van der Waals surface area contributed by atoms with Gasteiger partial charge >= 0.3 is 10.4 Å². The summed E-state index contributed by atoms with van der Waals surface area (Å²) in [6.45, 7) is 1.57. The van der Waals surface area contributed by atoms with Crippen molar-refractivity contribution in [3.05, 3.63) is 29.3 Å². The van der Waals surface area contributed by atoms with Gasteiger partial charge in [-0.1, -0.05) is 23.7 Å². The molecule has 4 nitrogen and oxygen atoms in total. The maximum Gasteiger partial charge on any atom is 0.449 e. The summed E-state index contributed by atoms with van der Waals surface area (Å²) < 4.78 is 31.1. The molecule has 0 spiro atoms. The molecule has 0 radical (unpaired) electrons. The minimum Gasteiger partial charge on any atom is -0.360 e. The van der Waals surface area contributed by atoms with Crippen LogP contribution in [0.2, 0.25) is 5.02 Å². The van der Waals surface area contributed by atoms with E-state index >= 15 is 0 Å². The second kappa shape index (κ2) is 4.63. The van der Waals surface area contributed by atoms with Crippen LogP contribution in [0.5, 0.6) is 5.75 Å². The highest BCUT2D eigenvalue weighted by Gasteiger charge is 2.14. The van der Waals surface area contributed by atoms with E-state index < -0.39 is 10.4 Å². The number of para-hydroxylation sites is 1. The maximum absolute atomic E-state index is 11.0. The Bertz CT molecular complexity index is 402. The van der Waals surface area contributed by atoms with Crippen molar-refractivity contribution in [2.45, 2.75) is 6.92 Å². The molecule has 0 amide bonds. The third-order valence-corrected chi connectivity index (χ3v) is 2.51. The minimum absolute atomic E-state index is 0.0206. The van der Waals surface area contributed by atoms with Gasteiger partial charge in [-0.3, -0.25) is 0 Å². The second-order valence-corrected chi connectivity index (χ2v) is 3.95. The molecular weight excluding hydrogens is 228 g/mol. The number of halogens is 1. The predicted octanol–water partition coefficient (Wildman–Crippen LogP) is 2.00. The number of benzene rings is 1. The van der Waals surface area contributed by atoms with Crippen molar-refractivity contribution in [2.24, 2.45) is 0 Å². The van der Waals surface area contributed by atoms with Crippen LogP contribution in [-0.2, 0) is 14.6 Å². The lowest BCUT2D eigenvalue weighted by Crippen LogP contribution is -2.13. The Labute approximate surface area is 87.7 Å². The third-order valence-electron chi connectivity index (χ3n) is 1.29. The summed E-state index contributed by atoms with van der Waals surface area (Å²) in [6, 6.07) is 6.25. The van der Waals surface area contributed by atoms with Crippen LogP contribution in [0.3, 0.4) is 0 Å². The highest BCUT2D eigenvalue weighted by Crippen LogP contribution is 2.24. The van der Waals surface area contributed by atoms with Gasteiger partial charge in [0.2, 0.25) is 0 Å². The first-order valence-electron chi connectivity index (χ1n) is 3.88. The first-order chi connectivity index (χ1) is 6.55. The van der Waals surface area contributed by atoms with Crippen molar-refractivity contribution in [2.75, 3.05) is 6.61 Å². The highest BCUT2D eigenvalue weighted by molar-refractivity contribution is 7.82. The molecule has 78 valence electrons. The van der Waals surface area contributed by atoms with Gasteiger partial charge in [0, 0.05) is 0 Å². The average molecular weight is 237 g/mol. The first kappa shape index (κ1) is 11.3. The van der Waals surface area contributed by atoms with E-state index in [1.165, 1.54) is 12.1 Å². The number of hydrogen-bond donors (Lipinski definition) is 0. The normalized spacial score (nSPS) is 11.3. The van der Waals surface area contributed by atoms with Crippen molar-refractivity contribution in [3.8, 4) is 5.75 Å². The summed E-state index contributed by atoms with van der Waals surface area (Å²) in [7, 11) is -3.99. The lowest BCUT2D eigenvalue weighted by Gasteiger charge is -2.06. The van der Waals surface area contributed by atoms with E-state index in [9.17, 15) is 8.42 Å². The van der Waals surface area contributed by atoms with Crippen molar-refractivity contribution >= 4 is 22.0 Å². The molecule has 1 aromatic rings. The fraction of sp³-hybridized carbons (Fsp3) is 0.250. The summed E-state index contributed by atoms with van der Waals surface area (Å²) >= 11 is 5.69. The zero-order chi connectivity index (χ0) is 10.6. The van der Waals surface area contributed by atoms with E-state index in [0.29, 0.717) is 0 Å². The molecule has 0 atom stereocenters. The van der Waals surface area contributed by atoms with Crippen LogP contribution in [0.25, 0.3) is 0 Å². The van der Waals surface area contributed by atoms with Gasteiger partial charge in [0.25, 0.3) is 0 Å². The predicted molar refractivity (Wildman–Crippen MR) is 52.6 cm³/mol. The van der Waals surface area contributed by atoms with Crippen molar-refractivity contribution in [3.63, 3.8) is 0 Å². The molecular formula is C8H9ClO4S. The molecule has 0 N–H and O–H groups in total. The molecule has 6 heteroatoms. The monoisotopic (exact) mass is 236 g/mol. The molecule has 0 aliphatic carbocycles. The molecule has 0 aliphatic heterocycles.